The van der Waals surface area contributed by atoms with Gasteiger partial charge in [0.1, 0.15) is 5.75 Å². The van der Waals surface area contributed by atoms with E-state index in [0.717, 1.165) is 11.3 Å². The molecule has 134 valence electrons. The lowest BCUT2D eigenvalue weighted by atomic mass is 10.1. The number of anilines is 1. The number of benzene rings is 2. The van der Waals surface area contributed by atoms with E-state index in [-0.39, 0.29) is 18.2 Å². The summed E-state index contributed by atoms with van der Waals surface area (Å²) in [6.07, 6.45) is 1.69. The Labute approximate surface area is 156 Å². The monoisotopic (exact) mass is 371 g/mol. The van der Waals surface area contributed by atoms with Crippen molar-refractivity contribution in [2.24, 2.45) is 11.0 Å². The van der Waals surface area contributed by atoms with Gasteiger partial charge in [0.05, 0.1) is 19.2 Å². The summed E-state index contributed by atoms with van der Waals surface area (Å²) in [4.78, 5) is 26.1. The molecule has 0 bridgehead atoms. The third kappa shape index (κ3) is 4.21. The summed E-state index contributed by atoms with van der Waals surface area (Å²) in [5, 5.41) is 4.57. The van der Waals surface area contributed by atoms with Crippen molar-refractivity contribution in [2.75, 3.05) is 18.6 Å². The maximum Gasteiger partial charge on any atom is 0.245 e. The molecule has 1 aliphatic heterocycles. The average Bonchev–Trinajstić information content (AvgIpc) is 3.04. The number of hydrogen-bond acceptors (Lipinski definition) is 4. The van der Waals surface area contributed by atoms with Crippen LogP contribution in [0.5, 0.6) is 5.75 Å². The van der Waals surface area contributed by atoms with Gasteiger partial charge in [-0.15, -0.1) is 0 Å². The van der Waals surface area contributed by atoms with Crippen molar-refractivity contribution in [1.82, 2.24) is 5.43 Å². The van der Waals surface area contributed by atoms with Crippen LogP contribution in [0.4, 0.5) is 5.69 Å². The molecular weight excluding hydrogens is 354 g/mol. The zero-order valence-electron chi connectivity index (χ0n) is 14.2. The predicted octanol–water partition coefficient (Wildman–Crippen LogP) is 2.85. The Hall–Kier alpha value is -2.86. The zero-order valence-corrected chi connectivity index (χ0v) is 14.9. The van der Waals surface area contributed by atoms with E-state index in [9.17, 15) is 9.59 Å². The molecule has 1 aliphatic rings. The van der Waals surface area contributed by atoms with E-state index in [0.29, 0.717) is 17.3 Å². The van der Waals surface area contributed by atoms with Gasteiger partial charge in [0.2, 0.25) is 11.8 Å². The van der Waals surface area contributed by atoms with Crippen LogP contribution in [0, 0.1) is 5.92 Å². The molecule has 7 heteroatoms. The summed E-state index contributed by atoms with van der Waals surface area (Å²) in [7, 11) is 1.58. The van der Waals surface area contributed by atoms with Crippen LogP contribution < -0.4 is 15.1 Å². The molecule has 0 saturated carbocycles. The number of halogens is 1. The Balaban J connectivity index is 1.59. The number of carbonyl (C=O) groups excluding carboxylic acids is 2. The highest BCUT2D eigenvalue weighted by Gasteiger charge is 2.35. The lowest BCUT2D eigenvalue weighted by Gasteiger charge is -2.16. The van der Waals surface area contributed by atoms with E-state index in [1.54, 1.807) is 42.3 Å². The Morgan fingerprint density at radius 1 is 1.31 bits per heavy atom. The summed E-state index contributed by atoms with van der Waals surface area (Å²) >= 11 is 5.87. The number of methoxy groups -OCH3 is 1. The molecule has 1 fully saturated rings. The fourth-order valence-electron chi connectivity index (χ4n) is 2.74. The van der Waals surface area contributed by atoms with Crippen molar-refractivity contribution in [3.8, 4) is 5.75 Å². The highest BCUT2D eigenvalue weighted by atomic mass is 35.5. The van der Waals surface area contributed by atoms with Gasteiger partial charge in [-0.3, -0.25) is 9.59 Å². The number of hydrazone groups is 1. The first-order chi connectivity index (χ1) is 12.6. The molecule has 1 saturated heterocycles. The minimum Gasteiger partial charge on any atom is -0.497 e. The van der Waals surface area contributed by atoms with Gasteiger partial charge in [0.15, 0.2) is 0 Å². The van der Waals surface area contributed by atoms with Crippen LogP contribution in [-0.2, 0) is 9.59 Å². The van der Waals surface area contributed by atoms with Gasteiger partial charge in [-0.1, -0.05) is 23.7 Å². The lowest BCUT2D eigenvalue weighted by Crippen LogP contribution is -2.30. The molecule has 6 nitrogen and oxygen atoms in total. The highest BCUT2D eigenvalue weighted by Crippen LogP contribution is 2.26. The molecular formula is C19H18ClN3O3. The normalized spacial score (nSPS) is 16.9. The van der Waals surface area contributed by atoms with Gasteiger partial charge >= 0.3 is 0 Å². The average molecular weight is 372 g/mol. The van der Waals surface area contributed by atoms with Gasteiger partial charge in [-0.25, -0.2) is 5.43 Å². The molecule has 2 aromatic rings. The summed E-state index contributed by atoms with van der Waals surface area (Å²) in [5.74, 6) is -0.112. The number of ether oxygens (including phenoxy) is 1. The Morgan fingerprint density at radius 3 is 2.81 bits per heavy atom. The second-order valence-corrected chi connectivity index (χ2v) is 6.33. The maximum absolute atomic E-state index is 12.3. The van der Waals surface area contributed by atoms with Gasteiger partial charge < -0.3 is 9.64 Å². The number of hydrogen-bond donors (Lipinski definition) is 1. The molecule has 2 amide bonds. The van der Waals surface area contributed by atoms with E-state index in [4.69, 9.17) is 16.3 Å². The van der Waals surface area contributed by atoms with Gasteiger partial charge in [-0.05, 0) is 42.0 Å². The van der Waals surface area contributed by atoms with Gasteiger partial charge in [-0.2, -0.15) is 5.10 Å². The first kappa shape index (κ1) is 17.9. The van der Waals surface area contributed by atoms with Crippen molar-refractivity contribution in [2.45, 2.75) is 6.42 Å². The van der Waals surface area contributed by atoms with Gasteiger partial charge in [0, 0.05) is 23.7 Å². The molecule has 1 atom stereocenters. The quantitative estimate of drug-likeness (QED) is 0.649. The summed E-state index contributed by atoms with van der Waals surface area (Å²) in [6.45, 7) is 0.320. The van der Waals surface area contributed by atoms with Crippen molar-refractivity contribution in [3.63, 3.8) is 0 Å². The Bertz CT molecular complexity index is 836. The largest absolute Gasteiger partial charge is 0.497 e. The number of amides is 2. The molecule has 2 aromatic carbocycles. The smallest absolute Gasteiger partial charge is 0.245 e. The summed E-state index contributed by atoms with van der Waals surface area (Å²) in [6, 6.07) is 14.3. The topological polar surface area (TPSA) is 71.0 Å². The minimum atomic E-state index is -0.444. The molecule has 0 radical (unpaired) electrons. The summed E-state index contributed by atoms with van der Waals surface area (Å²) in [5.41, 5.74) is 4.03. The van der Waals surface area contributed by atoms with Crippen LogP contribution in [0.2, 0.25) is 5.02 Å². The second-order valence-electron chi connectivity index (χ2n) is 5.89. The van der Waals surface area contributed by atoms with E-state index in [1.165, 1.54) is 6.21 Å². The van der Waals surface area contributed by atoms with Crippen LogP contribution >= 0.6 is 11.6 Å². The fourth-order valence-corrected chi connectivity index (χ4v) is 2.86. The third-order valence-electron chi connectivity index (χ3n) is 4.12. The zero-order chi connectivity index (χ0) is 18.5. The number of nitrogens with zero attached hydrogens (tertiary/aromatic N) is 2. The highest BCUT2D eigenvalue weighted by molar-refractivity contribution is 6.30. The number of rotatable bonds is 5. The molecule has 26 heavy (non-hydrogen) atoms. The standard InChI is InChI=1S/C19H18ClN3O3/c1-26-17-4-2-3-13(9-17)11-21-22-19(25)14-10-18(24)23(12-14)16-7-5-15(20)6-8-16/h2-9,11,14H,10,12H2,1H3,(H,22,25)/b21-11+. The van der Waals surface area contributed by atoms with Crippen molar-refractivity contribution >= 4 is 35.3 Å². The summed E-state index contributed by atoms with van der Waals surface area (Å²) < 4.78 is 5.14. The van der Waals surface area contributed by atoms with Crippen LogP contribution in [0.25, 0.3) is 0 Å². The molecule has 1 N–H and O–H groups in total. The SMILES string of the molecule is COc1cccc(/C=N/NC(=O)C2CC(=O)N(c3ccc(Cl)cc3)C2)c1. The molecule has 0 spiro atoms. The Morgan fingerprint density at radius 2 is 2.08 bits per heavy atom. The van der Waals surface area contributed by atoms with Crippen molar-refractivity contribution in [3.05, 3.63) is 59.1 Å². The van der Waals surface area contributed by atoms with Crippen LogP contribution in [-0.4, -0.2) is 31.7 Å². The first-order valence-electron chi connectivity index (χ1n) is 8.09. The third-order valence-corrected chi connectivity index (χ3v) is 4.37. The van der Waals surface area contributed by atoms with Crippen molar-refractivity contribution in [1.29, 1.82) is 0 Å². The van der Waals surface area contributed by atoms with E-state index < -0.39 is 5.92 Å². The van der Waals surface area contributed by atoms with Crippen LogP contribution in [0.3, 0.4) is 0 Å². The predicted molar refractivity (Wildman–Crippen MR) is 101 cm³/mol. The van der Waals surface area contributed by atoms with Crippen molar-refractivity contribution < 1.29 is 14.3 Å². The fraction of sp³-hybridized carbons (Fsp3) is 0.211. The van der Waals surface area contributed by atoms with Crippen LogP contribution in [0.1, 0.15) is 12.0 Å². The van der Waals surface area contributed by atoms with E-state index in [1.807, 2.05) is 18.2 Å². The maximum atomic E-state index is 12.3. The number of nitrogens with one attached hydrogen (secondary N) is 1. The van der Waals surface area contributed by atoms with Crippen LogP contribution in [0.15, 0.2) is 53.6 Å². The minimum absolute atomic E-state index is 0.0933. The lowest BCUT2D eigenvalue weighted by molar-refractivity contribution is -0.126. The first-order valence-corrected chi connectivity index (χ1v) is 8.47. The Kier molecular flexibility index (Phi) is 5.53. The molecule has 0 aliphatic carbocycles. The molecule has 1 unspecified atom stereocenters. The molecule has 1 heterocycles. The molecule has 0 aromatic heterocycles. The molecule has 3 rings (SSSR count). The van der Waals surface area contributed by atoms with E-state index >= 15 is 0 Å². The second kappa shape index (κ2) is 8.01. The number of carbonyl (C=O) groups is 2. The van der Waals surface area contributed by atoms with E-state index in [2.05, 4.69) is 10.5 Å². The van der Waals surface area contributed by atoms with Gasteiger partial charge in [0.25, 0.3) is 0 Å².